The Bertz CT molecular complexity index is 2200. The number of benzene rings is 1. The van der Waals surface area contributed by atoms with Crippen molar-refractivity contribution in [2.45, 2.75) is 154 Å². The van der Waals surface area contributed by atoms with Crippen LogP contribution in [0.15, 0.2) is 41.8 Å². The number of carbonyl (C=O) groups excluding carboxylic acids is 5. The summed E-state index contributed by atoms with van der Waals surface area (Å²) in [5.74, 6) is -0.101. The number of anilines is 1. The van der Waals surface area contributed by atoms with Crippen LogP contribution in [0.5, 0.6) is 11.5 Å². The molecular weight excluding hydrogens is 813 g/mol. The summed E-state index contributed by atoms with van der Waals surface area (Å²) in [7, 11) is 1.57. The van der Waals surface area contributed by atoms with Crippen LogP contribution in [0.2, 0.25) is 0 Å². The minimum absolute atomic E-state index is 0.0402. The maximum Gasteiger partial charge on any atom is 0.416 e. The Labute approximate surface area is 367 Å². The number of ketones is 1. The van der Waals surface area contributed by atoms with Crippen molar-refractivity contribution in [1.82, 2.24) is 25.5 Å². The van der Waals surface area contributed by atoms with Gasteiger partial charge in [0, 0.05) is 41.3 Å². The van der Waals surface area contributed by atoms with Crippen molar-refractivity contribution in [2.24, 2.45) is 5.92 Å². The molecule has 4 aliphatic rings. The van der Waals surface area contributed by atoms with Gasteiger partial charge in [-0.1, -0.05) is 25.0 Å². The molecule has 0 radical (unpaired) electrons. The van der Waals surface area contributed by atoms with Crippen LogP contribution in [0.25, 0.3) is 22.3 Å². The number of nitrogens with one attached hydrogen (secondary N) is 2. The summed E-state index contributed by atoms with van der Waals surface area (Å²) in [6.07, 6.45) is 9.84. The van der Waals surface area contributed by atoms with E-state index in [-0.39, 0.29) is 36.8 Å². The highest BCUT2D eigenvalue weighted by Crippen LogP contribution is 2.46. The van der Waals surface area contributed by atoms with E-state index in [0.717, 1.165) is 44.9 Å². The predicted molar refractivity (Wildman–Crippen MR) is 235 cm³/mol. The Hall–Kier alpha value is -5.25. The minimum atomic E-state index is -1.04. The average molecular weight is 873 g/mol. The van der Waals surface area contributed by atoms with Gasteiger partial charge in [-0.2, -0.15) is 0 Å². The second-order valence-corrected chi connectivity index (χ2v) is 19.1. The fourth-order valence-corrected chi connectivity index (χ4v) is 9.64. The fraction of sp³-hybridized carbons (Fsp3) is 0.587. The number of methoxy groups -OCH3 is 1. The van der Waals surface area contributed by atoms with Gasteiger partial charge in [0.25, 0.3) is 0 Å². The van der Waals surface area contributed by atoms with Crippen molar-refractivity contribution >= 4 is 57.2 Å². The molecule has 2 saturated carbocycles. The van der Waals surface area contributed by atoms with Crippen LogP contribution < -0.4 is 25.0 Å². The van der Waals surface area contributed by atoms with Crippen LogP contribution in [0.3, 0.4) is 0 Å². The maximum atomic E-state index is 14.7. The second kappa shape index (κ2) is 18.6. The number of thiazole rings is 1. The normalized spacial score (nSPS) is 25.2. The number of allylic oxidation sites excluding steroid dienone is 1. The fourth-order valence-electron chi connectivity index (χ4n) is 8.70. The standard InChI is InChI=1S/C46H60N6O9S/c1-27(2)52(44(57)61-45(4,5)6)42-48-37(26-62-42)36-23-39(33-20-19-31(58-7)21-35(33)47-36)59-32-22-38-40(54)50-46(28(3)53)24-29(46)15-11-9-8-10-12-18-34(41(55)51(38)25-32)49-43(56)60-30-16-13-14-17-30/h11,15,19-21,23,26-27,29-30,32,34,38H,8-10,12-14,16-18,22,24-25H2,1-7H3,(H,49,56)(H,50,54)/b15-11-/t29?,32-,34+,38+,46+/m1/s1. The number of rotatable bonds is 9. The molecule has 3 fully saturated rings. The first-order chi connectivity index (χ1) is 29.5. The highest BCUT2D eigenvalue weighted by atomic mass is 32.1. The lowest BCUT2D eigenvalue weighted by atomic mass is 10.0. The average Bonchev–Trinajstić information content (AvgIpc) is 3.65. The molecular formula is C46H60N6O9S. The molecule has 2 N–H and O–H groups in total. The highest BCUT2D eigenvalue weighted by Gasteiger charge is 2.59. The molecule has 7 rings (SSSR count). The first-order valence-corrected chi connectivity index (χ1v) is 22.8. The molecule has 0 bridgehead atoms. The molecule has 1 aromatic carbocycles. The number of aromatic nitrogens is 2. The van der Waals surface area contributed by atoms with Crippen LogP contribution in [0.4, 0.5) is 14.7 Å². The van der Waals surface area contributed by atoms with Crippen LogP contribution in [-0.4, -0.2) is 99.8 Å². The number of nitrogens with zero attached hydrogens (tertiary/aromatic N) is 4. The summed E-state index contributed by atoms with van der Waals surface area (Å²) in [6.45, 7) is 10.7. The highest BCUT2D eigenvalue weighted by molar-refractivity contribution is 7.14. The molecule has 1 saturated heterocycles. The van der Waals surface area contributed by atoms with Gasteiger partial charge in [-0.15, -0.1) is 11.3 Å². The molecule has 4 amide bonds. The monoisotopic (exact) mass is 872 g/mol. The molecule has 5 atom stereocenters. The largest absolute Gasteiger partial charge is 0.497 e. The molecule has 2 aromatic heterocycles. The number of hydrogen-bond acceptors (Lipinski definition) is 12. The number of carbonyl (C=O) groups is 5. The number of hydrogen-bond donors (Lipinski definition) is 2. The molecule has 2 aliphatic heterocycles. The van der Waals surface area contributed by atoms with E-state index in [0.29, 0.717) is 58.2 Å². The molecule has 4 heterocycles. The summed E-state index contributed by atoms with van der Waals surface area (Å²) in [5.41, 5.74) is -0.210. The third kappa shape index (κ3) is 10.2. The van der Waals surface area contributed by atoms with Crippen LogP contribution >= 0.6 is 11.3 Å². The predicted octanol–water partition coefficient (Wildman–Crippen LogP) is 7.89. The lowest BCUT2D eigenvalue weighted by Crippen LogP contribution is -2.56. The number of alkyl carbamates (subject to hydrolysis) is 1. The summed E-state index contributed by atoms with van der Waals surface area (Å²) in [4.78, 5) is 81.5. The SMILES string of the molecule is COc1ccc2c(O[C@@H]3C[C@H]4C(=O)N[C@]5(C(C)=O)CC5/C=C\CCCCC[C@H](NC(=O)OC5CCCC5)C(=O)N4C3)cc(-c3csc(N(C(=O)OC(C)(C)C)C(C)C)n3)nc2c1. The van der Waals surface area contributed by atoms with Crippen molar-refractivity contribution in [3.8, 4) is 22.9 Å². The van der Waals surface area contributed by atoms with E-state index in [1.807, 2.05) is 52.1 Å². The van der Waals surface area contributed by atoms with Crippen molar-refractivity contribution in [1.29, 1.82) is 0 Å². The topological polar surface area (TPSA) is 179 Å². The number of ether oxygens (including phenoxy) is 4. The van der Waals surface area contributed by atoms with Gasteiger partial charge in [0.2, 0.25) is 11.8 Å². The Kier molecular flexibility index (Phi) is 13.4. The zero-order valence-electron chi connectivity index (χ0n) is 36.9. The Morgan fingerprint density at radius 3 is 2.47 bits per heavy atom. The summed E-state index contributed by atoms with van der Waals surface area (Å²) < 4.78 is 23.8. The van der Waals surface area contributed by atoms with E-state index < -0.39 is 53.3 Å². The molecule has 334 valence electrons. The summed E-state index contributed by atoms with van der Waals surface area (Å²) in [6, 6.07) is 5.04. The van der Waals surface area contributed by atoms with Gasteiger partial charge in [0.1, 0.15) is 52.6 Å². The summed E-state index contributed by atoms with van der Waals surface area (Å²) >= 11 is 1.29. The molecule has 1 unspecified atom stereocenters. The minimum Gasteiger partial charge on any atom is -0.497 e. The third-order valence-corrected chi connectivity index (χ3v) is 12.9. The number of fused-ring (bicyclic) bond motifs is 3. The molecule has 0 spiro atoms. The van der Waals surface area contributed by atoms with Gasteiger partial charge >= 0.3 is 12.2 Å². The molecule has 3 aromatic rings. The number of amides is 4. The van der Waals surface area contributed by atoms with E-state index in [1.54, 1.807) is 25.3 Å². The quantitative estimate of drug-likeness (QED) is 0.200. The van der Waals surface area contributed by atoms with E-state index >= 15 is 0 Å². The van der Waals surface area contributed by atoms with Gasteiger partial charge in [0.15, 0.2) is 10.9 Å². The van der Waals surface area contributed by atoms with Crippen molar-refractivity contribution in [3.05, 3.63) is 41.8 Å². The second-order valence-electron chi connectivity index (χ2n) is 18.2. The molecule has 16 heteroatoms. The van der Waals surface area contributed by atoms with Crippen LogP contribution in [0, 0.1) is 5.92 Å². The van der Waals surface area contributed by atoms with Gasteiger partial charge in [-0.05, 0) is 105 Å². The lowest BCUT2D eigenvalue weighted by Gasteiger charge is -2.29. The van der Waals surface area contributed by atoms with E-state index in [1.165, 1.54) is 28.1 Å². The summed E-state index contributed by atoms with van der Waals surface area (Å²) in [5, 5.41) is 8.85. The Morgan fingerprint density at radius 1 is 1.00 bits per heavy atom. The van der Waals surface area contributed by atoms with E-state index in [9.17, 15) is 24.0 Å². The van der Waals surface area contributed by atoms with Crippen LogP contribution in [0.1, 0.15) is 112 Å². The van der Waals surface area contributed by atoms with Gasteiger partial charge in [0.05, 0.1) is 24.9 Å². The van der Waals surface area contributed by atoms with Crippen molar-refractivity contribution in [3.63, 3.8) is 0 Å². The Balaban J connectivity index is 1.21. The molecule has 2 aliphatic carbocycles. The maximum absolute atomic E-state index is 14.7. The lowest BCUT2D eigenvalue weighted by molar-refractivity contribution is -0.141. The Morgan fingerprint density at radius 2 is 1.76 bits per heavy atom. The van der Waals surface area contributed by atoms with Crippen molar-refractivity contribution in [2.75, 3.05) is 18.6 Å². The van der Waals surface area contributed by atoms with Gasteiger partial charge < -0.3 is 34.5 Å². The third-order valence-electron chi connectivity index (χ3n) is 12.1. The zero-order chi connectivity index (χ0) is 44.3. The van der Waals surface area contributed by atoms with Crippen LogP contribution in [-0.2, 0) is 23.9 Å². The zero-order valence-corrected chi connectivity index (χ0v) is 37.7. The first-order valence-electron chi connectivity index (χ1n) is 22.0. The number of Topliss-reactive ketones (excluding diaryl/α,β-unsaturated/α-hetero) is 1. The molecule has 62 heavy (non-hydrogen) atoms. The molecule has 15 nitrogen and oxygen atoms in total. The smallest absolute Gasteiger partial charge is 0.416 e. The van der Waals surface area contributed by atoms with Gasteiger partial charge in [-0.3, -0.25) is 19.3 Å². The van der Waals surface area contributed by atoms with E-state index in [2.05, 4.69) is 16.7 Å². The first kappa shape index (κ1) is 44.8. The van der Waals surface area contributed by atoms with Crippen molar-refractivity contribution < 1.29 is 42.9 Å². The van der Waals surface area contributed by atoms with E-state index in [4.69, 9.17) is 28.9 Å². The van der Waals surface area contributed by atoms with Gasteiger partial charge in [-0.25, -0.2) is 19.6 Å². The number of pyridine rings is 1.